The monoisotopic (exact) mass is 522 g/mol. The molecular weight excluding hydrogens is 487 g/mol. The Labute approximate surface area is 227 Å². The minimum atomic E-state index is -4.98. The van der Waals surface area contributed by atoms with Gasteiger partial charge in [0.25, 0.3) is 20.2 Å². The molecule has 0 unspecified atom stereocenters. The average Bonchev–Trinajstić information content (AvgIpc) is 2.74. The molecule has 0 aromatic heterocycles. The molecule has 0 bridgehead atoms. The van der Waals surface area contributed by atoms with E-state index in [0.29, 0.717) is 12.2 Å². The summed E-state index contributed by atoms with van der Waals surface area (Å²) in [4.78, 5) is -1.92. The van der Waals surface area contributed by atoms with Crippen LogP contribution in [0.3, 0.4) is 0 Å². The van der Waals surface area contributed by atoms with E-state index in [1.54, 1.807) is 12.1 Å². The SMILES string of the molecule is CCCCCCCCCCCCc1ccccc1Oc1cccc(S(=O)(=O)O)c1S(=O)(=O)O.[H-].[Na+]. The quantitative estimate of drug-likeness (QED) is 0.209. The summed E-state index contributed by atoms with van der Waals surface area (Å²) in [6.45, 7) is 2.22. The number of rotatable bonds is 15. The van der Waals surface area contributed by atoms with Crippen LogP contribution >= 0.6 is 0 Å². The molecule has 2 aromatic rings. The van der Waals surface area contributed by atoms with Gasteiger partial charge in [0, 0.05) is 0 Å². The molecular formula is C24H35NaO7S2. The molecule has 0 aliphatic heterocycles. The van der Waals surface area contributed by atoms with E-state index < -0.39 is 30.0 Å². The maximum Gasteiger partial charge on any atom is 1.00 e. The maximum absolute atomic E-state index is 11.9. The van der Waals surface area contributed by atoms with E-state index in [0.717, 1.165) is 30.9 Å². The topological polar surface area (TPSA) is 118 Å². The van der Waals surface area contributed by atoms with Gasteiger partial charge >= 0.3 is 29.6 Å². The summed E-state index contributed by atoms with van der Waals surface area (Å²) in [5, 5.41) is 0. The van der Waals surface area contributed by atoms with Gasteiger partial charge in [-0.3, -0.25) is 9.11 Å². The largest absolute Gasteiger partial charge is 1.00 e. The molecule has 2 N–H and O–H groups in total. The number of benzene rings is 2. The van der Waals surface area contributed by atoms with Crippen molar-refractivity contribution in [2.24, 2.45) is 0 Å². The second-order valence-corrected chi connectivity index (χ2v) is 10.9. The summed E-state index contributed by atoms with van der Waals surface area (Å²) in [7, 11) is -9.87. The molecule has 0 spiro atoms. The van der Waals surface area contributed by atoms with Crippen molar-refractivity contribution >= 4 is 20.2 Å². The predicted molar refractivity (Wildman–Crippen MR) is 129 cm³/mol. The van der Waals surface area contributed by atoms with Gasteiger partial charge in [0.05, 0.1) is 0 Å². The molecule has 186 valence electrons. The molecule has 34 heavy (non-hydrogen) atoms. The Morgan fingerprint density at radius 2 is 1.24 bits per heavy atom. The van der Waals surface area contributed by atoms with Crippen LogP contribution in [0.2, 0.25) is 0 Å². The predicted octanol–water partition coefficient (Wildman–Crippen LogP) is 3.55. The number of ether oxygens (including phenoxy) is 1. The van der Waals surface area contributed by atoms with E-state index in [2.05, 4.69) is 6.92 Å². The van der Waals surface area contributed by atoms with Crippen LogP contribution in [0.25, 0.3) is 0 Å². The van der Waals surface area contributed by atoms with Gasteiger partial charge in [0.2, 0.25) is 0 Å². The first-order valence-electron chi connectivity index (χ1n) is 11.5. The van der Waals surface area contributed by atoms with Crippen LogP contribution in [0.5, 0.6) is 11.5 Å². The second kappa shape index (κ2) is 15.2. The van der Waals surface area contributed by atoms with Crippen LogP contribution < -0.4 is 34.3 Å². The Morgan fingerprint density at radius 1 is 0.706 bits per heavy atom. The normalized spacial score (nSPS) is 11.7. The standard InChI is InChI=1S/C24H34O7S2.Na.H/c1-2-3-4-5-6-7-8-9-10-11-15-20-16-12-13-17-21(20)31-22-18-14-19-23(32(25,26)27)24(22)33(28,29)30;;/h12-14,16-19H,2-11,15H2,1H3,(H,25,26,27)(H,28,29,30);;/q;+1;-1. The molecule has 0 amide bonds. The van der Waals surface area contributed by atoms with Crippen molar-refractivity contribution in [2.75, 3.05) is 0 Å². The Kier molecular flexibility index (Phi) is 13.9. The van der Waals surface area contributed by atoms with Crippen LogP contribution in [0, 0.1) is 0 Å². The van der Waals surface area contributed by atoms with Crippen LogP contribution in [0.15, 0.2) is 52.3 Å². The van der Waals surface area contributed by atoms with Gasteiger partial charge in [-0.15, -0.1) is 0 Å². The molecule has 0 radical (unpaired) electrons. The van der Waals surface area contributed by atoms with Crippen molar-refractivity contribution in [3.05, 3.63) is 48.0 Å². The molecule has 0 fully saturated rings. The summed E-state index contributed by atoms with van der Waals surface area (Å²) in [5.41, 5.74) is 0.843. The van der Waals surface area contributed by atoms with E-state index in [-0.39, 0.29) is 36.7 Å². The first-order valence-corrected chi connectivity index (χ1v) is 14.4. The van der Waals surface area contributed by atoms with Gasteiger partial charge in [0.1, 0.15) is 16.4 Å². The van der Waals surface area contributed by atoms with E-state index in [4.69, 9.17) is 4.74 Å². The zero-order valence-electron chi connectivity index (χ0n) is 21.1. The maximum atomic E-state index is 11.9. The summed E-state index contributed by atoms with van der Waals surface area (Å²) >= 11 is 0. The molecule has 2 rings (SSSR count). The molecule has 10 heteroatoms. The third kappa shape index (κ3) is 10.4. The molecule has 2 aromatic carbocycles. The summed E-state index contributed by atoms with van der Waals surface area (Å²) in [6, 6.07) is 10.4. The summed E-state index contributed by atoms with van der Waals surface area (Å²) in [6.07, 6.45) is 12.8. The van der Waals surface area contributed by atoms with Crippen LogP contribution in [-0.2, 0) is 26.7 Å². The van der Waals surface area contributed by atoms with Gasteiger partial charge in [-0.25, -0.2) is 0 Å². The fourth-order valence-corrected chi connectivity index (χ4v) is 5.67. The molecule has 0 heterocycles. The van der Waals surface area contributed by atoms with Gasteiger partial charge < -0.3 is 6.16 Å². The number of para-hydroxylation sites is 1. The van der Waals surface area contributed by atoms with Crippen molar-refractivity contribution < 1.29 is 61.7 Å². The number of unbranched alkanes of at least 4 members (excludes halogenated alkanes) is 9. The third-order valence-corrected chi connectivity index (χ3v) is 7.43. The molecule has 0 atom stereocenters. The number of hydrogen-bond donors (Lipinski definition) is 2. The van der Waals surface area contributed by atoms with Crippen molar-refractivity contribution in [1.82, 2.24) is 0 Å². The average molecular weight is 523 g/mol. The molecule has 0 aliphatic carbocycles. The van der Waals surface area contributed by atoms with E-state index in [1.807, 2.05) is 12.1 Å². The van der Waals surface area contributed by atoms with Crippen LogP contribution in [0.1, 0.15) is 78.1 Å². The fraction of sp³-hybridized carbons (Fsp3) is 0.500. The van der Waals surface area contributed by atoms with E-state index in [9.17, 15) is 25.9 Å². The van der Waals surface area contributed by atoms with Gasteiger partial charge in [-0.1, -0.05) is 89.0 Å². The van der Waals surface area contributed by atoms with E-state index in [1.165, 1.54) is 57.1 Å². The number of aryl methyl sites for hydroxylation is 1. The summed E-state index contributed by atoms with van der Waals surface area (Å²) < 4.78 is 71.6. The molecule has 7 nitrogen and oxygen atoms in total. The number of hydrogen-bond acceptors (Lipinski definition) is 5. The Balaban J connectivity index is 0.00000578. The summed E-state index contributed by atoms with van der Waals surface area (Å²) in [5.74, 6) is -0.00559. The van der Waals surface area contributed by atoms with Gasteiger partial charge in [-0.05, 0) is 36.6 Å². The third-order valence-electron chi connectivity index (χ3n) is 5.47. The van der Waals surface area contributed by atoms with Crippen LogP contribution in [-0.4, -0.2) is 25.9 Å². The zero-order valence-corrected chi connectivity index (χ0v) is 23.7. The Morgan fingerprint density at radius 3 is 1.79 bits per heavy atom. The Bertz CT molecular complexity index is 1110. The molecule has 0 aliphatic rings. The first kappa shape index (κ1) is 31.1. The van der Waals surface area contributed by atoms with Crippen molar-refractivity contribution in [2.45, 2.75) is 87.3 Å². The van der Waals surface area contributed by atoms with Gasteiger partial charge in [0.15, 0.2) is 4.90 Å². The van der Waals surface area contributed by atoms with E-state index >= 15 is 0 Å². The minimum absolute atomic E-state index is 0. The zero-order chi connectivity index (χ0) is 24.3. The molecule has 0 saturated heterocycles. The smallest absolute Gasteiger partial charge is 1.00 e. The Hall–Kier alpha value is -0.940. The first-order chi connectivity index (χ1) is 15.6. The fourth-order valence-electron chi connectivity index (χ4n) is 3.76. The van der Waals surface area contributed by atoms with Crippen molar-refractivity contribution in [3.8, 4) is 11.5 Å². The van der Waals surface area contributed by atoms with Crippen molar-refractivity contribution in [3.63, 3.8) is 0 Å². The van der Waals surface area contributed by atoms with Crippen molar-refractivity contribution in [1.29, 1.82) is 0 Å². The van der Waals surface area contributed by atoms with Gasteiger partial charge in [-0.2, -0.15) is 16.8 Å². The minimum Gasteiger partial charge on any atom is -1.00 e. The molecule has 0 saturated carbocycles. The van der Waals surface area contributed by atoms with Crippen LogP contribution in [0.4, 0.5) is 0 Å². The second-order valence-electron chi connectivity index (χ2n) is 8.18.